The minimum absolute atomic E-state index is 0.232. The highest BCUT2D eigenvalue weighted by atomic mass is 32.1. The Kier molecular flexibility index (Phi) is 3.86. The quantitative estimate of drug-likeness (QED) is 0.882. The molecule has 0 radical (unpaired) electrons. The van der Waals surface area contributed by atoms with E-state index in [4.69, 9.17) is 0 Å². The van der Waals surface area contributed by atoms with Crippen LogP contribution in [0.4, 0.5) is 8.78 Å². The standard InChI is InChI=1S/C13H12F2OS/c14-10-4-1-5-11(15)13(10)12(16)7-6-9-3-2-8-17-9/h1-5,8,12,16H,6-7H2. The van der Waals surface area contributed by atoms with E-state index >= 15 is 0 Å². The maximum Gasteiger partial charge on any atom is 0.131 e. The van der Waals surface area contributed by atoms with Gasteiger partial charge in [-0.1, -0.05) is 12.1 Å². The monoisotopic (exact) mass is 254 g/mol. The second kappa shape index (κ2) is 5.38. The fourth-order valence-corrected chi connectivity index (χ4v) is 2.43. The molecule has 90 valence electrons. The molecule has 0 amide bonds. The average molecular weight is 254 g/mol. The molecule has 17 heavy (non-hydrogen) atoms. The summed E-state index contributed by atoms with van der Waals surface area (Å²) in [6.07, 6.45) is -0.163. The molecule has 0 aliphatic rings. The van der Waals surface area contributed by atoms with E-state index in [1.54, 1.807) is 11.3 Å². The SMILES string of the molecule is OC(CCc1cccs1)c1c(F)cccc1F. The molecule has 0 spiro atoms. The molecule has 2 rings (SSSR count). The van der Waals surface area contributed by atoms with Gasteiger partial charge < -0.3 is 5.11 Å². The van der Waals surface area contributed by atoms with Crippen LogP contribution in [0.15, 0.2) is 35.7 Å². The minimum atomic E-state index is -1.10. The van der Waals surface area contributed by atoms with Crippen molar-refractivity contribution in [3.8, 4) is 0 Å². The van der Waals surface area contributed by atoms with Crippen LogP contribution < -0.4 is 0 Å². The Morgan fingerprint density at radius 1 is 1.12 bits per heavy atom. The van der Waals surface area contributed by atoms with E-state index in [0.717, 1.165) is 17.0 Å². The normalized spacial score (nSPS) is 12.6. The number of hydrogen-bond donors (Lipinski definition) is 1. The highest BCUT2D eigenvalue weighted by molar-refractivity contribution is 7.09. The number of aliphatic hydroxyl groups excluding tert-OH is 1. The second-order valence-electron chi connectivity index (χ2n) is 3.77. The first kappa shape index (κ1) is 12.2. The van der Waals surface area contributed by atoms with E-state index in [1.807, 2.05) is 17.5 Å². The van der Waals surface area contributed by atoms with Gasteiger partial charge in [0.1, 0.15) is 11.6 Å². The van der Waals surface area contributed by atoms with Crippen molar-refractivity contribution in [2.45, 2.75) is 18.9 Å². The molecule has 4 heteroatoms. The fraction of sp³-hybridized carbons (Fsp3) is 0.231. The van der Waals surface area contributed by atoms with Gasteiger partial charge in [0, 0.05) is 4.88 Å². The number of benzene rings is 1. The summed E-state index contributed by atoms with van der Waals surface area (Å²) in [7, 11) is 0. The van der Waals surface area contributed by atoms with Crippen LogP contribution in [0.3, 0.4) is 0 Å². The van der Waals surface area contributed by atoms with Gasteiger partial charge >= 0.3 is 0 Å². The lowest BCUT2D eigenvalue weighted by Crippen LogP contribution is -2.05. The zero-order chi connectivity index (χ0) is 12.3. The molecule has 1 aromatic heterocycles. The Hall–Kier alpha value is -1.26. The van der Waals surface area contributed by atoms with E-state index in [9.17, 15) is 13.9 Å². The third-order valence-corrected chi connectivity index (χ3v) is 3.51. The Morgan fingerprint density at radius 2 is 1.82 bits per heavy atom. The second-order valence-corrected chi connectivity index (χ2v) is 4.80. The van der Waals surface area contributed by atoms with Gasteiger partial charge in [0.05, 0.1) is 11.7 Å². The highest BCUT2D eigenvalue weighted by Crippen LogP contribution is 2.25. The summed E-state index contributed by atoms with van der Waals surface area (Å²) < 4.78 is 26.7. The first-order valence-corrected chi connectivity index (χ1v) is 6.21. The maximum atomic E-state index is 13.4. The van der Waals surface area contributed by atoms with Gasteiger partial charge in [0.2, 0.25) is 0 Å². The van der Waals surface area contributed by atoms with Crippen molar-refractivity contribution in [3.63, 3.8) is 0 Å². The predicted octanol–water partition coefficient (Wildman–Crippen LogP) is 3.69. The minimum Gasteiger partial charge on any atom is -0.388 e. The molecule has 1 atom stereocenters. The molecule has 1 aromatic carbocycles. The van der Waals surface area contributed by atoms with Gasteiger partial charge in [-0.15, -0.1) is 11.3 Å². The molecular weight excluding hydrogens is 242 g/mol. The van der Waals surface area contributed by atoms with Crippen LogP contribution in [0.5, 0.6) is 0 Å². The maximum absolute atomic E-state index is 13.4. The van der Waals surface area contributed by atoms with Gasteiger partial charge in [0.15, 0.2) is 0 Å². The Morgan fingerprint density at radius 3 is 2.41 bits per heavy atom. The molecule has 0 saturated heterocycles. The molecule has 0 bridgehead atoms. The summed E-state index contributed by atoms with van der Waals surface area (Å²) in [5, 5.41) is 11.7. The number of aryl methyl sites for hydroxylation is 1. The molecule has 0 aliphatic heterocycles. The lowest BCUT2D eigenvalue weighted by molar-refractivity contribution is 0.158. The van der Waals surface area contributed by atoms with Gasteiger partial charge in [-0.2, -0.15) is 0 Å². The predicted molar refractivity (Wildman–Crippen MR) is 64.0 cm³/mol. The molecule has 0 fully saturated rings. The van der Waals surface area contributed by atoms with Crippen molar-refractivity contribution in [1.29, 1.82) is 0 Å². The smallest absolute Gasteiger partial charge is 0.131 e. The molecule has 1 unspecified atom stereocenters. The Labute approximate surface area is 102 Å². The third kappa shape index (κ3) is 2.90. The molecule has 0 saturated carbocycles. The van der Waals surface area contributed by atoms with E-state index in [0.29, 0.717) is 12.8 Å². The molecule has 1 nitrogen and oxygen atoms in total. The largest absolute Gasteiger partial charge is 0.388 e. The summed E-state index contributed by atoms with van der Waals surface area (Å²) in [5.41, 5.74) is -0.232. The van der Waals surface area contributed by atoms with Crippen LogP contribution in [0, 0.1) is 11.6 Å². The third-order valence-electron chi connectivity index (χ3n) is 2.58. The first-order chi connectivity index (χ1) is 8.18. The summed E-state index contributed by atoms with van der Waals surface area (Å²) in [5.74, 6) is -1.38. The highest BCUT2D eigenvalue weighted by Gasteiger charge is 2.17. The Bertz CT molecular complexity index is 462. The van der Waals surface area contributed by atoms with Crippen molar-refractivity contribution in [2.75, 3.05) is 0 Å². The number of halogens is 2. The lowest BCUT2D eigenvalue weighted by atomic mass is 10.0. The average Bonchev–Trinajstić information content (AvgIpc) is 2.79. The first-order valence-electron chi connectivity index (χ1n) is 5.33. The van der Waals surface area contributed by atoms with Gasteiger partial charge in [-0.3, -0.25) is 0 Å². The van der Waals surface area contributed by atoms with E-state index in [-0.39, 0.29) is 5.56 Å². The van der Waals surface area contributed by atoms with Crippen LogP contribution in [0.2, 0.25) is 0 Å². The molecule has 1 heterocycles. The van der Waals surface area contributed by atoms with Crippen molar-refractivity contribution in [3.05, 3.63) is 57.8 Å². The molecule has 2 aromatic rings. The lowest BCUT2D eigenvalue weighted by Gasteiger charge is -2.12. The van der Waals surface area contributed by atoms with Crippen molar-refractivity contribution < 1.29 is 13.9 Å². The van der Waals surface area contributed by atoms with Gasteiger partial charge in [0.25, 0.3) is 0 Å². The van der Waals surface area contributed by atoms with Gasteiger partial charge in [-0.25, -0.2) is 8.78 Å². The topological polar surface area (TPSA) is 20.2 Å². The zero-order valence-electron chi connectivity index (χ0n) is 9.07. The summed E-state index contributed by atoms with van der Waals surface area (Å²) in [6.45, 7) is 0. The number of rotatable bonds is 4. The number of thiophene rings is 1. The van der Waals surface area contributed by atoms with Crippen LogP contribution in [-0.4, -0.2) is 5.11 Å². The van der Waals surface area contributed by atoms with Crippen molar-refractivity contribution >= 4 is 11.3 Å². The van der Waals surface area contributed by atoms with E-state index in [1.165, 1.54) is 6.07 Å². The van der Waals surface area contributed by atoms with Gasteiger partial charge in [-0.05, 0) is 36.4 Å². The van der Waals surface area contributed by atoms with Crippen LogP contribution in [0.25, 0.3) is 0 Å². The van der Waals surface area contributed by atoms with E-state index in [2.05, 4.69) is 0 Å². The van der Waals surface area contributed by atoms with Crippen molar-refractivity contribution in [1.82, 2.24) is 0 Å². The summed E-state index contributed by atoms with van der Waals surface area (Å²) in [6, 6.07) is 7.46. The van der Waals surface area contributed by atoms with E-state index < -0.39 is 17.7 Å². The van der Waals surface area contributed by atoms with Crippen LogP contribution >= 0.6 is 11.3 Å². The molecular formula is C13H12F2OS. The number of hydrogen-bond acceptors (Lipinski definition) is 2. The summed E-state index contributed by atoms with van der Waals surface area (Å²) in [4.78, 5) is 1.10. The fourth-order valence-electron chi connectivity index (χ4n) is 1.71. The molecule has 1 N–H and O–H groups in total. The number of aliphatic hydroxyl groups is 1. The zero-order valence-corrected chi connectivity index (χ0v) is 9.88. The van der Waals surface area contributed by atoms with Crippen molar-refractivity contribution in [2.24, 2.45) is 0 Å². The Balaban J connectivity index is 2.07. The van der Waals surface area contributed by atoms with Crippen LogP contribution in [-0.2, 0) is 6.42 Å². The molecule has 0 aliphatic carbocycles. The summed E-state index contributed by atoms with van der Waals surface area (Å²) >= 11 is 1.57. The van der Waals surface area contributed by atoms with Crippen LogP contribution in [0.1, 0.15) is 23.0 Å².